The monoisotopic (exact) mass is 285 g/mol. The minimum Gasteiger partial charge on any atom is -0.462 e. The fraction of sp³-hybridized carbons (Fsp3) is 0.500. The average molecular weight is 285 g/mol. The Hall–Kier alpha value is -1.76. The fourth-order valence-corrected chi connectivity index (χ4v) is 2.77. The van der Waals surface area contributed by atoms with Gasteiger partial charge in [0, 0.05) is 13.6 Å². The van der Waals surface area contributed by atoms with E-state index in [0.717, 1.165) is 24.3 Å². The van der Waals surface area contributed by atoms with Crippen molar-refractivity contribution in [2.75, 3.05) is 30.8 Å². The Morgan fingerprint density at radius 3 is 2.47 bits per heavy atom. The molecule has 4 N–H and O–H groups in total. The molecule has 19 heavy (non-hydrogen) atoms. The van der Waals surface area contributed by atoms with E-state index < -0.39 is 11.9 Å². The summed E-state index contributed by atoms with van der Waals surface area (Å²) in [6, 6.07) is 0. The lowest BCUT2D eigenvalue weighted by Crippen LogP contribution is -2.20. The van der Waals surface area contributed by atoms with Gasteiger partial charge in [-0.25, -0.2) is 4.79 Å². The lowest BCUT2D eigenvalue weighted by atomic mass is 10.2. The first-order valence-corrected chi connectivity index (χ1v) is 6.85. The molecule has 0 bridgehead atoms. The standard InChI is InChI=1S/C12H19N3O3S/c1-4-6-15(3)11-7(12(17)18-5-2)8(13)9(19-11)10(14)16/h4-6,13H2,1-3H3,(H2,14,16). The molecular formula is C12H19N3O3S. The Morgan fingerprint density at radius 1 is 1.37 bits per heavy atom. The second-order valence-electron chi connectivity index (χ2n) is 4.03. The molecule has 106 valence electrons. The summed E-state index contributed by atoms with van der Waals surface area (Å²) in [5.74, 6) is -1.16. The first kappa shape index (κ1) is 15.3. The summed E-state index contributed by atoms with van der Waals surface area (Å²) in [7, 11) is 1.84. The number of nitrogen functional groups attached to an aromatic ring is 1. The summed E-state index contributed by atoms with van der Waals surface area (Å²) in [5, 5.41) is 0.617. The highest BCUT2D eigenvalue weighted by molar-refractivity contribution is 7.19. The number of ether oxygens (including phenoxy) is 1. The third kappa shape index (κ3) is 3.17. The molecule has 0 radical (unpaired) electrons. The Balaban J connectivity index is 3.30. The molecule has 0 aliphatic carbocycles. The fourth-order valence-electron chi connectivity index (χ4n) is 1.72. The van der Waals surface area contributed by atoms with E-state index in [1.165, 1.54) is 0 Å². The van der Waals surface area contributed by atoms with Crippen LogP contribution in [0, 0.1) is 0 Å². The Morgan fingerprint density at radius 2 is 2.00 bits per heavy atom. The number of rotatable bonds is 6. The first-order chi connectivity index (χ1) is 8.93. The van der Waals surface area contributed by atoms with Crippen molar-refractivity contribution in [1.82, 2.24) is 0 Å². The van der Waals surface area contributed by atoms with Crippen molar-refractivity contribution < 1.29 is 14.3 Å². The van der Waals surface area contributed by atoms with Gasteiger partial charge in [-0.2, -0.15) is 0 Å². The van der Waals surface area contributed by atoms with E-state index in [1.807, 2.05) is 18.9 Å². The van der Waals surface area contributed by atoms with Crippen LogP contribution in [0.4, 0.5) is 10.7 Å². The van der Waals surface area contributed by atoms with Crippen LogP contribution in [0.2, 0.25) is 0 Å². The molecule has 0 spiro atoms. The Labute approximate surface area is 116 Å². The van der Waals surface area contributed by atoms with Crippen LogP contribution in [-0.4, -0.2) is 32.1 Å². The minimum atomic E-state index is -0.635. The van der Waals surface area contributed by atoms with Crippen LogP contribution >= 0.6 is 11.3 Å². The molecule has 1 aromatic heterocycles. The molecule has 1 heterocycles. The zero-order valence-corrected chi connectivity index (χ0v) is 12.2. The van der Waals surface area contributed by atoms with Crippen molar-refractivity contribution >= 4 is 33.9 Å². The summed E-state index contributed by atoms with van der Waals surface area (Å²) >= 11 is 1.12. The largest absolute Gasteiger partial charge is 0.462 e. The van der Waals surface area contributed by atoms with Gasteiger partial charge >= 0.3 is 5.97 Å². The van der Waals surface area contributed by atoms with E-state index in [2.05, 4.69) is 0 Å². The van der Waals surface area contributed by atoms with Crippen molar-refractivity contribution in [1.29, 1.82) is 0 Å². The number of hydrogen-bond donors (Lipinski definition) is 2. The van der Waals surface area contributed by atoms with Crippen molar-refractivity contribution in [2.24, 2.45) is 5.73 Å². The van der Waals surface area contributed by atoms with Crippen molar-refractivity contribution in [3.8, 4) is 0 Å². The molecule has 6 nitrogen and oxygen atoms in total. The van der Waals surface area contributed by atoms with Crippen LogP contribution in [0.3, 0.4) is 0 Å². The number of nitrogens with two attached hydrogens (primary N) is 2. The average Bonchev–Trinajstić information content (AvgIpc) is 2.67. The van der Waals surface area contributed by atoms with Gasteiger partial charge in [0.25, 0.3) is 5.91 Å². The maximum Gasteiger partial charge on any atom is 0.343 e. The van der Waals surface area contributed by atoms with Gasteiger partial charge in [0.05, 0.1) is 12.3 Å². The van der Waals surface area contributed by atoms with Crippen LogP contribution in [0.15, 0.2) is 0 Å². The number of anilines is 2. The van der Waals surface area contributed by atoms with Gasteiger partial charge in [0.1, 0.15) is 15.4 Å². The zero-order valence-electron chi connectivity index (χ0n) is 11.4. The highest BCUT2D eigenvalue weighted by Gasteiger charge is 2.27. The summed E-state index contributed by atoms with van der Waals surface area (Å²) < 4.78 is 4.98. The summed E-state index contributed by atoms with van der Waals surface area (Å²) in [5.41, 5.74) is 11.5. The van der Waals surface area contributed by atoms with Crippen LogP contribution in [-0.2, 0) is 4.74 Å². The van der Waals surface area contributed by atoms with E-state index in [-0.39, 0.29) is 22.7 Å². The number of esters is 1. The van der Waals surface area contributed by atoms with E-state index in [9.17, 15) is 9.59 Å². The van der Waals surface area contributed by atoms with E-state index in [1.54, 1.807) is 6.92 Å². The molecule has 1 amide bonds. The highest BCUT2D eigenvalue weighted by atomic mass is 32.1. The number of amides is 1. The van der Waals surface area contributed by atoms with Gasteiger partial charge in [-0.05, 0) is 13.3 Å². The van der Waals surface area contributed by atoms with Gasteiger partial charge in [-0.1, -0.05) is 6.92 Å². The van der Waals surface area contributed by atoms with Gasteiger partial charge in [0.2, 0.25) is 0 Å². The topological polar surface area (TPSA) is 98.6 Å². The van der Waals surface area contributed by atoms with Gasteiger partial charge in [-0.3, -0.25) is 4.79 Å². The molecule has 7 heteroatoms. The predicted molar refractivity (Wildman–Crippen MR) is 76.8 cm³/mol. The van der Waals surface area contributed by atoms with E-state index in [4.69, 9.17) is 16.2 Å². The summed E-state index contributed by atoms with van der Waals surface area (Å²) in [6.07, 6.45) is 0.905. The Kier molecular flexibility index (Phi) is 5.17. The Bertz CT molecular complexity index is 485. The summed E-state index contributed by atoms with van der Waals surface area (Å²) in [4.78, 5) is 25.4. The number of carbonyl (C=O) groups excluding carboxylic acids is 2. The van der Waals surface area contributed by atoms with Gasteiger partial charge < -0.3 is 21.1 Å². The van der Waals surface area contributed by atoms with Gasteiger partial charge in [0.15, 0.2) is 0 Å². The molecule has 1 rings (SSSR count). The van der Waals surface area contributed by atoms with Crippen LogP contribution in [0.1, 0.15) is 40.3 Å². The third-order valence-corrected chi connectivity index (χ3v) is 3.87. The maximum absolute atomic E-state index is 12.0. The number of nitrogens with zero attached hydrogens (tertiary/aromatic N) is 1. The first-order valence-electron chi connectivity index (χ1n) is 6.04. The zero-order chi connectivity index (χ0) is 14.6. The van der Waals surface area contributed by atoms with E-state index >= 15 is 0 Å². The number of primary amides is 1. The minimum absolute atomic E-state index is 0.105. The number of thiophene rings is 1. The quantitative estimate of drug-likeness (QED) is 0.771. The molecule has 0 fully saturated rings. The molecular weight excluding hydrogens is 266 g/mol. The number of carbonyl (C=O) groups is 2. The lowest BCUT2D eigenvalue weighted by Gasteiger charge is -2.17. The van der Waals surface area contributed by atoms with E-state index in [0.29, 0.717) is 5.00 Å². The van der Waals surface area contributed by atoms with Crippen LogP contribution in [0.5, 0.6) is 0 Å². The second-order valence-corrected chi connectivity index (χ2v) is 5.03. The highest BCUT2D eigenvalue weighted by Crippen LogP contribution is 2.38. The second kappa shape index (κ2) is 6.42. The van der Waals surface area contributed by atoms with Crippen LogP contribution in [0.25, 0.3) is 0 Å². The molecule has 0 aliphatic heterocycles. The molecule has 0 aliphatic rings. The number of hydrogen-bond acceptors (Lipinski definition) is 6. The maximum atomic E-state index is 12.0. The summed E-state index contributed by atoms with van der Waals surface area (Å²) in [6.45, 7) is 4.72. The normalized spacial score (nSPS) is 10.3. The van der Waals surface area contributed by atoms with Gasteiger partial charge in [-0.15, -0.1) is 11.3 Å². The molecule has 0 unspecified atom stereocenters. The molecule has 0 aromatic carbocycles. The smallest absolute Gasteiger partial charge is 0.343 e. The van der Waals surface area contributed by atoms with Crippen LogP contribution < -0.4 is 16.4 Å². The lowest BCUT2D eigenvalue weighted by molar-refractivity contribution is 0.0529. The third-order valence-electron chi connectivity index (χ3n) is 2.54. The predicted octanol–water partition coefficient (Wildman–Crippen LogP) is 1.45. The molecule has 0 saturated heterocycles. The van der Waals surface area contributed by atoms with Crippen molar-refractivity contribution in [3.05, 3.63) is 10.4 Å². The van der Waals surface area contributed by atoms with Crippen molar-refractivity contribution in [3.63, 3.8) is 0 Å². The molecule has 0 saturated carbocycles. The SMILES string of the molecule is CCCN(C)c1sc(C(N)=O)c(N)c1C(=O)OCC. The molecule has 1 aromatic rings. The molecule has 0 atom stereocenters. The van der Waals surface area contributed by atoms with Crippen molar-refractivity contribution in [2.45, 2.75) is 20.3 Å².